The van der Waals surface area contributed by atoms with Gasteiger partial charge in [-0.1, -0.05) is 38.1 Å². The van der Waals surface area contributed by atoms with E-state index in [2.05, 4.69) is 17.4 Å². The number of nitrogens with one attached hydrogen (secondary N) is 1. The van der Waals surface area contributed by atoms with Gasteiger partial charge in [0.2, 0.25) is 21.8 Å². The molecule has 43 heavy (non-hydrogen) atoms. The van der Waals surface area contributed by atoms with Crippen LogP contribution in [0.5, 0.6) is 5.75 Å². The molecule has 4 aliphatic carbocycles. The molecule has 0 radical (unpaired) electrons. The number of sulfonamides is 1. The van der Waals surface area contributed by atoms with Gasteiger partial charge in [-0.25, -0.2) is 8.42 Å². The highest BCUT2D eigenvalue weighted by Gasteiger charge is 2.51. The second-order valence-corrected chi connectivity index (χ2v) is 15.0. The van der Waals surface area contributed by atoms with Gasteiger partial charge in [0.15, 0.2) is 0 Å². The van der Waals surface area contributed by atoms with Crippen molar-refractivity contribution in [2.75, 3.05) is 30.8 Å². The third kappa shape index (κ3) is 6.87. The highest BCUT2D eigenvalue weighted by molar-refractivity contribution is 7.92. The maximum atomic E-state index is 14.0. The standard InChI is InChI=1S/C34H47N3O5S/c1-5-15-35-33(39)31(6-2)36(22-24-7-13-30(42-3)14-8-24)32(38)23-37(43(4,40)41)29-11-9-28(10-12-29)34-19-25-16-26(20-34)18-27(17-25)21-34/h7-14,25-27,31H,5-6,15-23H2,1-4H3,(H,35,39)/t25?,26?,27?,31-,34?/m0/s1. The van der Waals surface area contributed by atoms with E-state index in [0.717, 1.165) is 36.0 Å². The lowest BCUT2D eigenvalue weighted by Crippen LogP contribution is -2.52. The zero-order valence-electron chi connectivity index (χ0n) is 26.1. The minimum atomic E-state index is -3.78. The molecular formula is C34H47N3O5S. The maximum absolute atomic E-state index is 14.0. The summed E-state index contributed by atoms with van der Waals surface area (Å²) in [6.07, 6.45) is 10.1. The Labute approximate surface area is 257 Å². The topological polar surface area (TPSA) is 96.0 Å². The zero-order chi connectivity index (χ0) is 30.8. The molecule has 8 nitrogen and oxygen atoms in total. The first-order chi connectivity index (χ1) is 20.5. The van der Waals surface area contributed by atoms with Crippen molar-refractivity contribution < 1.29 is 22.7 Å². The number of hydrogen-bond acceptors (Lipinski definition) is 5. The van der Waals surface area contributed by atoms with Gasteiger partial charge in [0.1, 0.15) is 18.3 Å². The van der Waals surface area contributed by atoms with E-state index in [0.29, 0.717) is 24.4 Å². The first kappa shape index (κ1) is 31.4. The monoisotopic (exact) mass is 609 g/mol. The number of hydrogen-bond donors (Lipinski definition) is 1. The number of benzene rings is 2. The smallest absolute Gasteiger partial charge is 0.244 e. The summed E-state index contributed by atoms with van der Waals surface area (Å²) < 4.78 is 32.7. The number of anilines is 1. The molecule has 0 heterocycles. The molecule has 2 amide bonds. The Morgan fingerprint density at radius 3 is 2.02 bits per heavy atom. The summed E-state index contributed by atoms with van der Waals surface area (Å²) in [7, 11) is -2.20. The quantitative estimate of drug-likeness (QED) is 0.334. The Morgan fingerprint density at radius 1 is 0.953 bits per heavy atom. The van der Waals surface area contributed by atoms with Crippen LogP contribution >= 0.6 is 0 Å². The average molecular weight is 610 g/mol. The Morgan fingerprint density at radius 2 is 1.53 bits per heavy atom. The number of carbonyl (C=O) groups excluding carboxylic acids is 2. The van der Waals surface area contributed by atoms with Crippen molar-refractivity contribution in [1.29, 1.82) is 0 Å². The van der Waals surface area contributed by atoms with Crippen molar-refractivity contribution in [2.24, 2.45) is 17.8 Å². The summed E-state index contributed by atoms with van der Waals surface area (Å²) in [4.78, 5) is 28.7. The van der Waals surface area contributed by atoms with Crippen LogP contribution in [-0.4, -0.2) is 57.6 Å². The maximum Gasteiger partial charge on any atom is 0.244 e. The van der Waals surface area contributed by atoms with E-state index in [-0.39, 0.29) is 24.4 Å². The lowest BCUT2D eigenvalue weighted by atomic mass is 9.48. The number of nitrogens with zero attached hydrogens (tertiary/aromatic N) is 2. The van der Waals surface area contributed by atoms with Gasteiger partial charge in [0.05, 0.1) is 19.1 Å². The largest absolute Gasteiger partial charge is 0.497 e. The molecule has 234 valence electrons. The van der Waals surface area contributed by atoms with Crippen molar-refractivity contribution in [1.82, 2.24) is 10.2 Å². The van der Waals surface area contributed by atoms with Gasteiger partial charge in [0, 0.05) is 13.1 Å². The van der Waals surface area contributed by atoms with Crippen LogP contribution < -0.4 is 14.4 Å². The van der Waals surface area contributed by atoms with Crippen LogP contribution in [0.25, 0.3) is 0 Å². The lowest BCUT2D eigenvalue weighted by molar-refractivity contribution is -0.140. The van der Waals surface area contributed by atoms with Crippen LogP contribution in [0.3, 0.4) is 0 Å². The van der Waals surface area contributed by atoms with E-state index in [4.69, 9.17) is 4.74 Å². The first-order valence-corrected chi connectivity index (χ1v) is 17.7. The van der Waals surface area contributed by atoms with Gasteiger partial charge in [-0.3, -0.25) is 13.9 Å². The molecule has 4 aliphatic rings. The van der Waals surface area contributed by atoms with Crippen molar-refractivity contribution in [3.63, 3.8) is 0 Å². The first-order valence-electron chi connectivity index (χ1n) is 15.8. The number of carbonyl (C=O) groups is 2. The number of amides is 2. The van der Waals surface area contributed by atoms with Crippen LogP contribution in [-0.2, 0) is 31.6 Å². The molecule has 1 atom stereocenters. The van der Waals surface area contributed by atoms with Crippen LogP contribution in [0.4, 0.5) is 5.69 Å². The summed E-state index contributed by atoms with van der Waals surface area (Å²) in [6, 6.07) is 14.5. The molecule has 2 aromatic rings. The minimum Gasteiger partial charge on any atom is -0.497 e. The fourth-order valence-electron chi connectivity index (χ4n) is 8.27. The van der Waals surface area contributed by atoms with Gasteiger partial charge in [-0.15, -0.1) is 0 Å². The summed E-state index contributed by atoms with van der Waals surface area (Å²) in [5.41, 5.74) is 2.79. The van der Waals surface area contributed by atoms with E-state index >= 15 is 0 Å². The Bertz CT molecular complexity index is 1350. The molecular weight excluding hydrogens is 562 g/mol. The van der Waals surface area contributed by atoms with Crippen LogP contribution in [0.15, 0.2) is 48.5 Å². The van der Waals surface area contributed by atoms with Gasteiger partial charge in [0.25, 0.3) is 0 Å². The Hall–Kier alpha value is -3.07. The molecule has 0 spiro atoms. The predicted molar refractivity (Wildman–Crippen MR) is 169 cm³/mol. The summed E-state index contributed by atoms with van der Waals surface area (Å²) in [5.74, 6) is 2.47. The number of ether oxygens (including phenoxy) is 1. The van der Waals surface area contributed by atoms with Crippen LogP contribution in [0, 0.1) is 17.8 Å². The SMILES string of the molecule is CCCNC(=O)[C@H](CC)N(Cc1ccc(OC)cc1)C(=O)CN(c1ccc(C23CC4CC(CC(C4)C2)C3)cc1)S(C)(=O)=O. The number of methoxy groups -OCH3 is 1. The highest BCUT2D eigenvalue weighted by atomic mass is 32.2. The summed E-state index contributed by atoms with van der Waals surface area (Å²) >= 11 is 0. The van der Waals surface area contributed by atoms with Crippen molar-refractivity contribution >= 4 is 27.5 Å². The summed E-state index contributed by atoms with van der Waals surface area (Å²) in [6.45, 7) is 4.13. The van der Waals surface area contributed by atoms with Crippen LogP contribution in [0.2, 0.25) is 0 Å². The third-order valence-electron chi connectivity index (χ3n) is 9.93. The van der Waals surface area contributed by atoms with Crippen LogP contribution in [0.1, 0.15) is 76.3 Å². The molecule has 4 bridgehead atoms. The molecule has 6 rings (SSSR count). The molecule has 4 fully saturated rings. The molecule has 9 heteroatoms. The average Bonchev–Trinajstić information content (AvgIpc) is 2.97. The predicted octanol–water partition coefficient (Wildman–Crippen LogP) is 5.26. The molecule has 0 saturated heterocycles. The molecule has 0 aromatic heterocycles. The lowest BCUT2D eigenvalue weighted by Gasteiger charge is -2.57. The van der Waals surface area contributed by atoms with E-state index in [1.807, 2.05) is 50.2 Å². The van der Waals surface area contributed by atoms with Gasteiger partial charge in [-0.05, 0) is 110 Å². The number of rotatable bonds is 13. The van der Waals surface area contributed by atoms with Gasteiger partial charge in [-0.2, -0.15) is 0 Å². The van der Waals surface area contributed by atoms with E-state index in [9.17, 15) is 18.0 Å². The van der Waals surface area contributed by atoms with Gasteiger partial charge < -0.3 is 15.0 Å². The van der Waals surface area contributed by atoms with Crippen molar-refractivity contribution in [3.8, 4) is 5.75 Å². The second-order valence-electron chi connectivity index (χ2n) is 13.1. The molecule has 0 aliphatic heterocycles. The fraction of sp³-hybridized carbons (Fsp3) is 0.588. The molecule has 2 aromatic carbocycles. The van der Waals surface area contributed by atoms with Crippen molar-refractivity contribution in [3.05, 3.63) is 59.7 Å². The minimum absolute atomic E-state index is 0.170. The molecule has 0 unspecified atom stereocenters. The second kappa shape index (κ2) is 12.9. The van der Waals surface area contributed by atoms with Gasteiger partial charge >= 0.3 is 0 Å². The molecule has 4 saturated carbocycles. The van der Waals surface area contributed by atoms with E-state index < -0.39 is 22.0 Å². The normalized spacial score (nSPS) is 24.8. The zero-order valence-corrected chi connectivity index (χ0v) is 26.9. The molecule has 1 N–H and O–H groups in total. The highest BCUT2D eigenvalue weighted by Crippen LogP contribution is 2.60. The third-order valence-corrected chi connectivity index (χ3v) is 11.1. The van der Waals surface area contributed by atoms with E-state index in [1.54, 1.807) is 7.11 Å². The summed E-state index contributed by atoms with van der Waals surface area (Å²) in [5, 5.41) is 2.91. The Balaban J connectivity index is 1.39. The Kier molecular flexibility index (Phi) is 9.40. The van der Waals surface area contributed by atoms with Crippen molar-refractivity contribution in [2.45, 2.75) is 83.2 Å². The fourth-order valence-corrected chi connectivity index (χ4v) is 9.12. The van der Waals surface area contributed by atoms with E-state index in [1.165, 1.54) is 53.3 Å².